The summed E-state index contributed by atoms with van der Waals surface area (Å²) in [6, 6.07) is 34.4. The van der Waals surface area contributed by atoms with Gasteiger partial charge in [-0.05, 0) is 116 Å². The molecule has 12 heteroatoms. The van der Waals surface area contributed by atoms with Gasteiger partial charge in [-0.1, -0.05) is 108 Å². The number of imidazole rings is 1. The second-order valence-electron chi connectivity index (χ2n) is 15.8. The summed E-state index contributed by atoms with van der Waals surface area (Å²) in [4.78, 5) is 17.6. The third kappa shape index (κ3) is 8.99. The molecule has 5 nitrogen and oxygen atoms in total. The molecule has 0 aliphatic rings. The summed E-state index contributed by atoms with van der Waals surface area (Å²) >= 11 is 0. The van der Waals surface area contributed by atoms with Crippen LogP contribution in [0.3, 0.4) is 0 Å². The molecule has 0 atom stereocenters. The first-order valence-corrected chi connectivity index (χ1v) is 21.1. The van der Waals surface area contributed by atoms with Gasteiger partial charge >= 0.3 is 20.1 Å². The maximum atomic E-state index is 16.1. The molecule has 0 amide bonds. The van der Waals surface area contributed by atoms with E-state index in [4.69, 9.17) is 4.98 Å². The average Bonchev–Trinajstić information content (AvgIpc) is 4.05. The fourth-order valence-corrected chi connectivity index (χ4v) is 8.29. The number of hydrogen-bond acceptors (Lipinski definition) is 4. The van der Waals surface area contributed by atoms with Crippen LogP contribution in [0.4, 0.5) is 26.3 Å². The Hall–Kier alpha value is -7.79. The van der Waals surface area contributed by atoms with E-state index in [2.05, 4.69) is 33.2 Å². The Morgan fingerprint density at radius 3 is 1.69 bits per heavy atom. The molecule has 0 saturated heterocycles. The van der Waals surface area contributed by atoms with E-state index in [0.29, 0.717) is 56.1 Å². The minimum absolute atomic E-state index is 0. The van der Waals surface area contributed by atoms with E-state index in [9.17, 15) is 32.9 Å². The number of nitrogens with zero attached hydrogens (tertiary/aromatic N) is 5. The van der Waals surface area contributed by atoms with Gasteiger partial charge in [0.25, 0.3) is 0 Å². The molecule has 0 spiro atoms. The Bertz CT molecular complexity index is 4010. The van der Waals surface area contributed by atoms with Crippen LogP contribution in [-0.4, -0.2) is 24.3 Å². The van der Waals surface area contributed by atoms with E-state index in [1.54, 1.807) is 22.7 Å². The van der Waals surface area contributed by atoms with Gasteiger partial charge in [0.1, 0.15) is 5.82 Å². The van der Waals surface area contributed by atoms with Crippen LogP contribution in [0.15, 0.2) is 159 Å². The number of fused-ring (bicyclic) bond motifs is 6. The minimum Gasteiger partial charge on any atom is -0.341 e. The van der Waals surface area contributed by atoms with E-state index in [1.807, 2.05) is 18.2 Å². The molecule has 0 aliphatic carbocycles. The van der Waals surface area contributed by atoms with Crippen LogP contribution >= 0.6 is 0 Å². The number of hydrogen-bond donors (Lipinski definition) is 0. The van der Waals surface area contributed by atoms with E-state index >= 15 is 4.39 Å². The molecule has 5 heterocycles. The fraction of sp³-hybridized carbons (Fsp3) is 0.0690. The Balaban J connectivity index is 0.00000688. The van der Waals surface area contributed by atoms with Gasteiger partial charge in [0, 0.05) is 64.2 Å². The molecule has 0 fully saturated rings. The topological polar surface area (TPSA) is 56.0 Å². The van der Waals surface area contributed by atoms with Crippen molar-refractivity contribution in [3.8, 4) is 55.9 Å². The molecule has 5 aromatic heterocycles. The number of halogens is 6. The summed E-state index contributed by atoms with van der Waals surface area (Å²) in [5.41, 5.74) is 0.748. The predicted octanol–water partition coefficient (Wildman–Crippen LogP) is 14.0. The molecule has 0 bridgehead atoms. The molecule has 11 aromatic rings. The monoisotopic (exact) mass is 1120 g/mol. The molecule has 0 unspecified atom stereocenters. The van der Waals surface area contributed by atoms with Gasteiger partial charge in [-0.15, -0.1) is 41.8 Å². The van der Waals surface area contributed by atoms with Crippen molar-refractivity contribution in [1.29, 1.82) is 0 Å². The van der Waals surface area contributed by atoms with Crippen LogP contribution < -0.4 is 0 Å². The number of rotatable bonds is 11. The molecule has 70 heavy (non-hydrogen) atoms. The summed E-state index contributed by atoms with van der Waals surface area (Å²) in [5, 5.41) is 0.997. The molecule has 11 rings (SSSR count). The number of pyridine rings is 4. The van der Waals surface area contributed by atoms with Crippen LogP contribution in [0.25, 0.3) is 83.2 Å². The third-order valence-corrected chi connectivity index (χ3v) is 11.4. The van der Waals surface area contributed by atoms with Crippen LogP contribution in [0.5, 0.6) is 0 Å². The van der Waals surface area contributed by atoms with Crippen LogP contribution in [0.2, 0.25) is 0 Å². The zero-order valence-electron chi connectivity index (χ0n) is 43.8. The summed E-state index contributed by atoms with van der Waals surface area (Å²) in [6.07, 6.45) is -5.85. The summed E-state index contributed by atoms with van der Waals surface area (Å²) < 4.78 is 165. The van der Waals surface area contributed by atoms with Gasteiger partial charge in [0.15, 0.2) is 0 Å². The van der Waals surface area contributed by atoms with Crippen molar-refractivity contribution in [1.82, 2.24) is 24.3 Å². The first-order valence-electron chi connectivity index (χ1n) is 25.1. The van der Waals surface area contributed by atoms with Crippen LogP contribution in [0.1, 0.15) is 33.2 Å². The summed E-state index contributed by atoms with van der Waals surface area (Å²) in [5.74, 6) is -5.11. The fourth-order valence-electron chi connectivity index (χ4n) is 8.29. The van der Waals surface area contributed by atoms with Gasteiger partial charge in [0.05, 0.1) is 18.0 Å². The molecule has 0 saturated carbocycles. The molecule has 342 valence electrons. The van der Waals surface area contributed by atoms with Crippen molar-refractivity contribution >= 4 is 27.3 Å². The number of benzene rings is 6. The normalized spacial score (nSPS) is 13.9. The number of aryl methyl sites for hydroxylation is 4. The Labute approximate surface area is 422 Å². The Kier molecular flexibility index (Phi) is 10.2. The van der Waals surface area contributed by atoms with Gasteiger partial charge < -0.3 is 19.4 Å². The first kappa shape index (κ1) is 37.1. The van der Waals surface area contributed by atoms with E-state index < -0.39 is 71.5 Å². The summed E-state index contributed by atoms with van der Waals surface area (Å²) in [7, 11) is 0. The van der Waals surface area contributed by atoms with Crippen molar-refractivity contribution < 1.29 is 57.4 Å². The third-order valence-electron chi connectivity index (χ3n) is 11.4. The minimum atomic E-state index is -3.16. The second-order valence-corrected chi connectivity index (χ2v) is 15.8. The second kappa shape index (κ2) is 19.3. The van der Waals surface area contributed by atoms with E-state index in [-0.39, 0.29) is 70.4 Å². The van der Waals surface area contributed by atoms with E-state index in [1.165, 1.54) is 61.1 Å². The SMILES string of the molecule is [2H]C([2H])(c1ccc(-c2[c-]cc(F)cc2F)nc1)C([2H])([2H])c1cc(-c2cc(F)ccc2-c2cnc3c4[c-]cc(F)cc4n4cncc4c3c2-c2ccccc2)cc(C([2H])([2H])C([2H])([2H])c2ccc(-c3[c-]cc(F)cc3F)nc2)c1.[Ir+3]. The van der Waals surface area contributed by atoms with Gasteiger partial charge in [-0.3, -0.25) is 22.0 Å². The smallest absolute Gasteiger partial charge is 0.341 e. The van der Waals surface area contributed by atoms with Crippen LogP contribution in [0, 0.1) is 53.1 Å². The summed E-state index contributed by atoms with van der Waals surface area (Å²) in [6.45, 7) is 0. The first-order chi connectivity index (χ1) is 36.6. The van der Waals surface area contributed by atoms with Crippen molar-refractivity contribution in [2.24, 2.45) is 0 Å². The Morgan fingerprint density at radius 2 is 1.09 bits per heavy atom. The maximum absolute atomic E-state index is 16.1. The molecule has 6 aromatic carbocycles. The van der Waals surface area contributed by atoms with Crippen molar-refractivity contribution in [2.75, 3.05) is 0 Å². The maximum Gasteiger partial charge on any atom is 3.00 e. The molecular formula is C58H34F6IrN5. The van der Waals surface area contributed by atoms with Crippen molar-refractivity contribution in [3.63, 3.8) is 0 Å². The molecule has 0 N–H and O–H groups in total. The zero-order valence-corrected chi connectivity index (χ0v) is 38.2. The average molecular weight is 1120 g/mol. The van der Waals surface area contributed by atoms with Gasteiger partial charge in [-0.2, -0.15) is 0 Å². The van der Waals surface area contributed by atoms with Crippen molar-refractivity contribution in [2.45, 2.75) is 25.5 Å². The standard InChI is InChI=1S/C58H34F6N5.Ir/c59-40-12-16-44(49-31-68-58-47-19-15-43(62)28-54(47)69-33-65-32-55(69)57(58)56(49)38-4-2-1-3-5-38)48(25-40)39-23-36(8-6-34-10-20-52(66-29-34)45-17-13-41(60)26-50(45)63)22-37(24-39)9-7-35-11-21-53(67-30-35)46-18-14-42(61)27-51(46)64;/h1-5,10-16,20-33H,6-9H2;/q-3;+3/i6D2,7D2,8D2,9D2;. The van der Waals surface area contributed by atoms with Crippen LogP contribution in [-0.2, 0) is 45.6 Å². The Morgan fingerprint density at radius 1 is 0.486 bits per heavy atom. The quantitative estimate of drug-likeness (QED) is 0.0736. The zero-order chi connectivity index (χ0) is 54.3. The van der Waals surface area contributed by atoms with Gasteiger partial charge in [0.2, 0.25) is 0 Å². The number of aromatic nitrogens is 5. The van der Waals surface area contributed by atoms with E-state index in [0.717, 1.165) is 48.8 Å². The molecular weight excluding hydrogens is 1070 g/mol. The molecule has 0 aliphatic heterocycles. The van der Waals surface area contributed by atoms with Crippen molar-refractivity contribution in [3.05, 3.63) is 234 Å². The molecule has 0 radical (unpaired) electrons. The van der Waals surface area contributed by atoms with Gasteiger partial charge in [-0.25, -0.2) is 9.37 Å². The largest absolute Gasteiger partial charge is 3.00 e. The predicted molar refractivity (Wildman–Crippen MR) is 255 cm³/mol.